The molecule has 1 atom stereocenters. The highest BCUT2D eigenvalue weighted by Crippen LogP contribution is 2.36. The van der Waals surface area contributed by atoms with Gasteiger partial charge in [0, 0.05) is 18.1 Å². The van der Waals surface area contributed by atoms with Gasteiger partial charge in [-0.2, -0.15) is 0 Å². The fraction of sp³-hybridized carbons (Fsp3) is 0.625. The lowest BCUT2D eigenvalue weighted by Gasteiger charge is -2.30. The van der Waals surface area contributed by atoms with Gasteiger partial charge in [0.2, 0.25) is 0 Å². The second kappa shape index (κ2) is 5.62. The third kappa shape index (κ3) is 3.56. The van der Waals surface area contributed by atoms with Crippen LogP contribution in [0.4, 0.5) is 11.4 Å². The summed E-state index contributed by atoms with van der Waals surface area (Å²) in [5, 5.41) is 0.712. The van der Waals surface area contributed by atoms with Crippen molar-refractivity contribution in [3.63, 3.8) is 0 Å². The maximum Gasteiger partial charge on any atom is 0.0600 e. The molecule has 0 bridgehead atoms. The van der Waals surface area contributed by atoms with Crippen LogP contribution in [0.3, 0.4) is 0 Å². The summed E-state index contributed by atoms with van der Waals surface area (Å²) < 4.78 is 0. The van der Waals surface area contributed by atoms with Gasteiger partial charge in [-0.25, -0.2) is 0 Å². The molecule has 0 aromatic heterocycles. The summed E-state index contributed by atoms with van der Waals surface area (Å²) >= 11 is 5.97. The number of anilines is 2. The first-order valence-electron chi connectivity index (χ1n) is 7.18. The number of hydrogen-bond acceptors (Lipinski definition) is 2. The molecule has 0 spiro atoms. The summed E-state index contributed by atoms with van der Waals surface area (Å²) in [5.41, 5.74) is 8.43. The number of nitrogens with zero attached hydrogens (tertiary/aromatic N) is 1. The molecule has 0 radical (unpaired) electrons. The first kappa shape index (κ1) is 14.5. The van der Waals surface area contributed by atoms with E-state index >= 15 is 0 Å². The zero-order chi connectivity index (χ0) is 14.0. The van der Waals surface area contributed by atoms with E-state index in [2.05, 4.69) is 31.7 Å². The summed E-state index contributed by atoms with van der Waals surface area (Å²) in [6, 6.07) is 5.83. The van der Waals surface area contributed by atoms with Crippen LogP contribution in [0.1, 0.15) is 40.0 Å². The Balaban J connectivity index is 2.11. The van der Waals surface area contributed by atoms with Crippen molar-refractivity contribution in [3.05, 3.63) is 23.2 Å². The Morgan fingerprint density at radius 3 is 2.58 bits per heavy atom. The monoisotopic (exact) mass is 280 g/mol. The number of halogens is 1. The first-order valence-corrected chi connectivity index (χ1v) is 7.55. The molecule has 0 saturated carbocycles. The van der Waals surface area contributed by atoms with Crippen LogP contribution in [0.2, 0.25) is 5.02 Å². The molecule has 2 N–H and O–H groups in total. The average Bonchev–Trinajstić information content (AvgIpc) is 2.54. The predicted molar refractivity (Wildman–Crippen MR) is 84.9 cm³/mol. The van der Waals surface area contributed by atoms with Crippen molar-refractivity contribution in [2.45, 2.75) is 40.0 Å². The molecule has 0 aliphatic carbocycles. The van der Waals surface area contributed by atoms with E-state index in [0.717, 1.165) is 30.4 Å². The van der Waals surface area contributed by atoms with Crippen LogP contribution in [0, 0.1) is 11.3 Å². The van der Waals surface area contributed by atoms with Gasteiger partial charge in [0.1, 0.15) is 0 Å². The van der Waals surface area contributed by atoms with E-state index in [0.29, 0.717) is 10.4 Å². The van der Waals surface area contributed by atoms with Crippen molar-refractivity contribution in [1.82, 2.24) is 0 Å². The summed E-state index contributed by atoms with van der Waals surface area (Å²) in [7, 11) is 0. The van der Waals surface area contributed by atoms with Crippen LogP contribution >= 0.6 is 11.6 Å². The molecule has 1 aromatic rings. The molecule has 19 heavy (non-hydrogen) atoms. The SMILES string of the molecule is CC(C)(C)C1CCCN(c2ccc(Cl)cc2N)CC1. The number of nitrogen functional groups attached to an aromatic ring is 1. The van der Waals surface area contributed by atoms with Crippen molar-refractivity contribution in [1.29, 1.82) is 0 Å². The third-order valence-electron chi connectivity index (χ3n) is 4.28. The van der Waals surface area contributed by atoms with Gasteiger partial charge in [0.05, 0.1) is 11.4 Å². The van der Waals surface area contributed by atoms with Crippen LogP contribution in [0.5, 0.6) is 0 Å². The van der Waals surface area contributed by atoms with E-state index in [4.69, 9.17) is 17.3 Å². The van der Waals surface area contributed by atoms with E-state index in [9.17, 15) is 0 Å². The van der Waals surface area contributed by atoms with Gasteiger partial charge in [-0.1, -0.05) is 32.4 Å². The second-order valence-electron chi connectivity index (χ2n) is 6.68. The molecule has 1 aliphatic rings. The highest BCUT2D eigenvalue weighted by Gasteiger charge is 2.27. The Bertz CT molecular complexity index is 437. The van der Waals surface area contributed by atoms with E-state index in [1.165, 1.54) is 19.3 Å². The Kier molecular flexibility index (Phi) is 4.29. The number of benzene rings is 1. The molecule has 2 nitrogen and oxygen atoms in total. The maximum absolute atomic E-state index is 6.10. The molecule has 1 heterocycles. The lowest BCUT2D eigenvalue weighted by Crippen LogP contribution is -2.26. The van der Waals surface area contributed by atoms with Gasteiger partial charge in [0.25, 0.3) is 0 Å². The number of nitrogens with two attached hydrogens (primary N) is 1. The van der Waals surface area contributed by atoms with Crippen LogP contribution in [-0.2, 0) is 0 Å². The minimum Gasteiger partial charge on any atom is -0.397 e. The fourth-order valence-corrected chi connectivity index (χ4v) is 3.20. The lowest BCUT2D eigenvalue weighted by atomic mass is 9.77. The zero-order valence-electron chi connectivity index (χ0n) is 12.2. The summed E-state index contributed by atoms with van der Waals surface area (Å²) in [5.74, 6) is 0.797. The molecule has 2 rings (SSSR count). The van der Waals surface area contributed by atoms with E-state index in [-0.39, 0.29) is 0 Å². The van der Waals surface area contributed by atoms with Crippen LogP contribution in [-0.4, -0.2) is 13.1 Å². The molecular weight excluding hydrogens is 256 g/mol. The molecule has 1 aliphatic heterocycles. The highest BCUT2D eigenvalue weighted by atomic mass is 35.5. The van der Waals surface area contributed by atoms with Gasteiger partial charge in [0.15, 0.2) is 0 Å². The van der Waals surface area contributed by atoms with Gasteiger partial charge in [-0.05, 0) is 48.8 Å². The Morgan fingerprint density at radius 2 is 1.95 bits per heavy atom. The smallest absolute Gasteiger partial charge is 0.0600 e. The first-order chi connectivity index (χ1) is 8.88. The molecule has 1 fully saturated rings. The van der Waals surface area contributed by atoms with Crippen LogP contribution in [0.25, 0.3) is 0 Å². The van der Waals surface area contributed by atoms with E-state index in [1.54, 1.807) is 0 Å². The molecular formula is C16H25ClN2. The van der Waals surface area contributed by atoms with Crippen molar-refractivity contribution in [2.75, 3.05) is 23.7 Å². The van der Waals surface area contributed by atoms with Gasteiger partial charge < -0.3 is 10.6 Å². The molecule has 106 valence electrons. The number of rotatable bonds is 1. The topological polar surface area (TPSA) is 29.3 Å². The fourth-order valence-electron chi connectivity index (χ4n) is 3.02. The molecule has 1 unspecified atom stereocenters. The standard InChI is InChI=1S/C16H25ClN2/c1-16(2,3)12-5-4-9-19(10-8-12)15-7-6-13(17)11-14(15)18/h6-7,11-12H,4-5,8-10,18H2,1-3H3. The minimum absolute atomic E-state index is 0.404. The van der Waals surface area contributed by atoms with Crippen LogP contribution in [0.15, 0.2) is 18.2 Å². The molecule has 0 amide bonds. The zero-order valence-corrected chi connectivity index (χ0v) is 13.0. The Hall–Kier alpha value is -0.890. The summed E-state index contributed by atoms with van der Waals surface area (Å²) in [6.07, 6.45) is 3.79. The molecule has 1 saturated heterocycles. The normalized spacial score (nSPS) is 21.3. The van der Waals surface area contributed by atoms with E-state index in [1.807, 2.05) is 12.1 Å². The Morgan fingerprint density at radius 1 is 1.21 bits per heavy atom. The van der Waals surface area contributed by atoms with Gasteiger partial charge in [-0.3, -0.25) is 0 Å². The summed E-state index contributed by atoms with van der Waals surface area (Å²) in [6.45, 7) is 9.24. The van der Waals surface area contributed by atoms with Gasteiger partial charge >= 0.3 is 0 Å². The quantitative estimate of drug-likeness (QED) is 0.763. The minimum atomic E-state index is 0.404. The lowest BCUT2D eigenvalue weighted by molar-refractivity contribution is 0.220. The predicted octanol–water partition coefficient (Wildman–Crippen LogP) is 4.57. The highest BCUT2D eigenvalue weighted by molar-refractivity contribution is 6.31. The largest absolute Gasteiger partial charge is 0.397 e. The number of hydrogen-bond donors (Lipinski definition) is 1. The second-order valence-corrected chi connectivity index (χ2v) is 7.12. The van der Waals surface area contributed by atoms with Crippen molar-refractivity contribution < 1.29 is 0 Å². The maximum atomic E-state index is 6.10. The van der Waals surface area contributed by atoms with Crippen LogP contribution < -0.4 is 10.6 Å². The molecule has 1 aromatic carbocycles. The third-order valence-corrected chi connectivity index (χ3v) is 4.52. The van der Waals surface area contributed by atoms with E-state index < -0.39 is 0 Å². The molecule has 3 heteroatoms. The van der Waals surface area contributed by atoms with Crippen molar-refractivity contribution in [3.8, 4) is 0 Å². The van der Waals surface area contributed by atoms with Crippen molar-refractivity contribution >= 4 is 23.0 Å². The summed E-state index contributed by atoms with van der Waals surface area (Å²) in [4.78, 5) is 2.41. The Labute approximate surface area is 121 Å². The average molecular weight is 281 g/mol. The van der Waals surface area contributed by atoms with Crippen molar-refractivity contribution in [2.24, 2.45) is 11.3 Å². The van der Waals surface area contributed by atoms with Gasteiger partial charge in [-0.15, -0.1) is 0 Å².